The van der Waals surface area contributed by atoms with Crippen LogP contribution < -0.4 is 5.32 Å². The second-order valence-electron chi connectivity index (χ2n) is 4.19. The second kappa shape index (κ2) is 6.86. The highest BCUT2D eigenvalue weighted by Gasteiger charge is 2.05. The maximum Gasteiger partial charge on any atom is 0.332 e. The Morgan fingerprint density at radius 2 is 2.06 bits per heavy atom. The van der Waals surface area contributed by atoms with Gasteiger partial charge in [-0.25, -0.2) is 4.79 Å². The molecule has 1 aromatic carbocycles. The van der Waals surface area contributed by atoms with Crippen molar-refractivity contribution in [1.82, 2.24) is 5.32 Å². The zero-order valence-electron chi connectivity index (χ0n) is 10.1. The second-order valence-corrected chi connectivity index (χ2v) is 4.19. The smallest absolute Gasteiger partial charge is 0.332 e. The van der Waals surface area contributed by atoms with Crippen LogP contribution in [-0.2, 0) is 4.79 Å². The van der Waals surface area contributed by atoms with Crippen molar-refractivity contribution in [1.29, 1.82) is 0 Å². The average molecular weight is 233 g/mol. The van der Waals surface area contributed by atoms with Gasteiger partial charge in [-0.15, -0.1) is 0 Å². The molecular formula is C14H19NO2. The van der Waals surface area contributed by atoms with Crippen LogP contribution in [0.2, 0.25) is 0 Å². The van der Waals surface area contributed by atoms with Crippen molar-refractivity contribution < 1.29 is 9.90 Å². The minimum absolute atomic E-state index is 0.206. The predicted octanol–water partition coefficient (Wildman–Crippen LogP) is 2.41. The maximum absolute atomic E-state index is 10.5. The first-order chi connectivity index (χ1) is 8.11. The molecule has 1 aromatic rings. The van der Waals surface area contributed by atoms with Gasteiger partial charge in [-0.3, -0.25) is 0 Å². The fourth-order valence-electron chi connectivity index (χ4n) is 1.58. The van der Waals surface area contributed by atoms with E-state index in [1.807, 2.05) is 18.2 Å². The molecule has 2 N–H and O–H groups in total. The van der Waals surface area contributed by atoms with Crippen LogP contribution in [0, 0.1) is 0 Å². The predicted molar refractivity (Wildman–Crippen MR) is 69.1 cm³/mol. The number of benzene rings is 1. The van der Waals surface area contributed by atoms with E-state index in [4.69, 9.17) is 5.11 Å². The highest BCUT2D eigenvalue weighted by atomic mass is 16.4. The quantitative estimate of drug-likeness (QED) is 0.561. The van der Waals surface area contributed by atoms with Crippen molar-refractivity contribution >= 4 is 5.97 Å². The van der Waals surface area contributed by atoms with Gasteiger partial charge in [0.15, 0.2) is 0 Å². The number of aliphatic carboxylic acids is 1. The van der Waals surface area contributed by atoms with E-state index in [0.29, 0.717) is 12.5 Å². The van der Waals surface area contributed by atoms with E-state index < -0.39 is 5.97 Å². The van der Waals surface area contributed by atoms with Gasteiger partial charge in [0.05, 0.1) is 0 Å². The largest absolute Gasteiger partial charge is 0.478 e. The number of hydrogen-bond acceptors (Lipinski definition) is 2. The summed E-state index contributed by atoms with van der Waals surface area (Å²) in [6, 6.07) is 10.3. The normalized spacial score (nSPS) is 12.1. The van der Waals surface area contributed by atoms with Gasteiger partial charge in [0.1, 0.15) is 0 Å². The molecule has 0 saturated heterocycles. The molecule has 0 bridgehead atoms. The van der Waals surface area contributed by atoms with Crippen molar-refractivity contribution in [3.8, 4) is 0 Å². The van der Waals surface area contributed by atoms with Gasteiger partial charge >= 0.3 is 5.97 Å². The minimum Gasteiger partial charge on any atom is -0.478 e. The molecule has 0 fully saturated rings. The number of carboxylic acids is 1. The monoisotopic (exact) mass is 233 g/mol. The summed E-state index contributed by atoms with van der Waals surface area (Å²) < 4.78 is 0. The molecule has 17 heavy (non-hydrogen) atoms. The summed E-state index contributed by atoms with van der Waals surface area (Å²) in [5.74, 6) is -0.463. The summed E-state index contributed by atoms with van der Waals surface area (Å²) in [6.07, 6.45) is 0.983. The Labute approximate surface area is 102 Å². The zero-order chi connectivity index (χ0) is 12.7. The lowest BCUT2D eigenvalue weighted by atomic mass is 9.98. The standard InChI is InChI=1S/C14H19NO2/c1-11(13-6-4-3-5-7-13)8-9-15-10-12(2)14(16)17/h3-7,11,15H,2,8-10H2,1H3,(H,16,17). The van der Waals surface area contributed by atoms with Gasteiger partial charge in [-0.2, -0.15) is 0 Å². The molecule has 1 rings (SSSR count). The highest BCUT2D eigenvalue weighted by molar-refractivity contribution is 5.86. The van der Waals surface area contributed by atoms with Crippen molar-refractivity contribution in [3.05, 3.63) is 48.0 Å². The van der Waals surface area contributed by atoms with Crippen LogP contribution in [-0.4, -0.2) is 24.2 Å². The number of nitrogens with one attached hydrogen (secondary N) is 1. The lowest BCUT2D eigenvalue weighted by molar-refractivity contribution is -0.132. The third kappa shape index (κ3) is 4.83. The zero-order valence-corrected chi connectivity index (χ0v) is 10.1. The van der Waals surface area contributed by atoms with E-state index >= 15 is 0 Å². The van der Waals surface area contributed by atoms with Crippen LogP contribution in [0.5, 0.6) is 0 Å². The number of carboxylic acid groups (broad SMARTS) is 1. The molecule has 0 heterocycles. The average Bonchev–Trinajstić information content (AvgIpc) is 2.35. The molecule has 1 atom stereocenters. The Kier molecular flexibility index (Phi) is 5.43. The van der Waals surface area contributed by atoms with Gasteiger partial charge < -0.3 is 10.4 Å². The molecule has 0 saturated carbocycles. The van der Waals surface area contributed by atoms with E-state index in [9.17, 15) is 4.79 Å². The summed E-state index contributed by atoms with van der Waals surface area (Å²) in [6.45, 7) is 6.77. The summed E-state index contributed by atoms with van der Waals surface area (Å²) in [4.78, 5) is 10.5. The van der Waals surface area contributed by atoms with Crippen LogP contribution in [0.3, 0.4) is 0 Å². The number of carbonyl (C=O) groups is 1. The molecule has 0 radical (unpaired) electrons. The summed E-state index contributed by atoms with van der Waals surface area (Å²) >= 11 is 0. The van der Waals surface area contributed by atoms with Crippen molar-refractivity contribution in [2.45, 2.75) is 19.3 Å². The first-order valence-electron chi connectivity index (χ1n) is 5.78. The van der Waals surface area contributed by atoms with Crippen molar-refractivity contribution in [2.75, 3.05) is 13.1 Å². The molecular weight excluding hydrogens is 214 g/mol. The number of rotatable bonds is 7. The first-order valence-corrected chi connectivity index (χ1v) is 5.78. The minimum atomic E-state index is -0.936. The molecule has 0 aliphatic carbocycles. The Morgan fingerprint density at radius 3 is 2.65 bits per heavy atom. The molecule has 3 nitrogen and oxygen atoms in total. The van der Waals surface area contributed by atoms with Gasteiger partial charge in [-0.1, -0.05) is 43.8 Å². The lowest BCUT2D eigenvalue weighted by Crippen LogP contribution is -2.22. The van der Waals surface area contributed by atoms with Gasteiger partial charge in [0.2, 0.25) is 0 Å². The van der Waals surface area contributed by atoms with Crippen LogP contribution in [0.1, 0.15) is 24.8 Å². The fourth-order valence-corrected chi connectivity index (χ4v) is 1.58. The van der Waals surface area contributed by atoms with E-state index in [-0.39, 0.29) is 5.57 Å². The first kappa shape index (κ1) is 13.5. The molecule has 1 unspecified atom stereocenters. The SMILES string of the molecule is C=C(CNCCC(C)c1ccccc1)C(=O)O. The van der Waals surface area contributed by atoms with Gasteiger partial charge in [0, 0.05) is 12.1 Å². The Bertz CT molecular complexity index is 373. The van der Waals surface area contributed by atoms with E-state index in [2.05, 4.69) is 31.0 Å². The molecule has 0 amide bonds. The Balaban J connectivity index is 2.23. The number of hydrogen-bond donors (Lipinski definition) is 2. The third-order valence-electron chi connectivity index (χ3n) is 2.76. The molecule has 3 heteroatoms. The Morgan fingerprint density at radius 1 is 1.41 bits per heavy atom. The highest BCUT2D eigenvalue weighted by Crippen LogP contribution is 2.17. The topological polar surface area (TPSA) is 49.3 Å². The summed E-state index contributed by atoms with van der Waals surface area (Å²) in [5, 5.41) is 11.7. The molecule has 0 aromatic heterocycles. The fraction of sp³-hybridized carbons (Fsp3) is 0.357. The molecule has 0 aliphatic heterocycles. The van der Waals surface area contributed by atoms with E-state index in [1.165, 1.54) is 5.56 Å². The summed E-state index contributed by atoms with van der Waals surface area (Å²) in [7, 11) is 0. The Hall–Kier alpha value is -1.61. The van der Waals surface area contributed by atoms with Crippen LogP contribution in [0.15, 0.2) is 42.5 Å². The van der Waals surface area contributed by atoms with Crippen LogP contribution >= 0.6 is 0 Å². The van der Waals surface area contributed by atoms with Crippen LogP contribution in [0.25, 0.3) is 0 Å². The van der Waals surface area contributed by atoms with E-state index in [1.54, 1.807) is 0 Å². The maximum atomic E-state index is 10.5. The van der Waals surface area contributed by atoms with Gasteiger partial charge in [0.25, 0.3) is 0 Å². The molecule has 92 valence electrons. The third-order valence-corrected chi connectivity index (χ3v) is 2.76. The van der Waals surface area contributed by atoms with Gasteiger partial charge in [-0.05, 0) is 24.4 Å². The van der Waals surface area contributed by atoms with Crippen LogP contribution in [0.4, 0.5) is 0 Å². The van der Waals surface area contributed by atoms with E-state index in [0.717, 1.165) is 13.0 Å². The lowest BCUT2D eigenvalue weighted by Gasteiger charge is -2.12. The van der Waals surface area contributed by atoms with Crippen molar-refractivity contribution in [3.63, 3.8) is 0 Å². The molecule has 0 aliphatic rings. The van der Waals surface area contributed by atoms with Crippen molar-refractivity contribution in [2.24, 2.45) is 0 Å². The molecule has 0 spiro atoms. The summed E-state index contributed by atoms with van der Waals surface area (Å²) in [5.41, 5.74) is 1.52.